The number of carbonyl (C=O) groups is 1. The van der Waals surface area contributed by atoms with Gasteiger partial charge in [-0.15, -0.1) is 0 Å². The van der Waals surface area contributed by atoms with E-state index in [4.69, 9.17) is 16.7 Å². The predicted molar refractivity (Wildman–Crippen MR) is 70.5 cm³/mol. The van der Waals surface area contributed by atoms with Crippen LogP contribution in [0.5, 0.6) is 0 Å². The lowest BCUT2D eigenvalue weighted by atomic mass is 10.1. The van der Waals surface area contributed by atoms with Crippen LogP contribution in [0.25, 0.3) is 0 Å². The van der Waals surface area contributed by atoms with E-state index in [1.165, 1.54) is 12.3 Å². The van der Waals surface area contributed by atoms with Gasteiger partial charge in [0.25, 0.3) is 0 Å². The molecule has 0 spiro atoms. The van der Waals surface area contributed by atoms with Crippen LogP contribution < -0.4 is 10.2 Å². The van der Waals surface area contributed by atoms with Crippen LogP contribution in [0, 0.1) is 0 Å². The third kappa shape index (κ3) is 2.73. The molecule has 2 heterocycles. The van der Waals surface area contributed by atoms with E-state index >= 15 is 0 Å². The average Bonchev–Trinajstić information content (AvgIpc) is 2.38. The van der Waals surface area contributed by atoms with E-state index in [0.29, 0.717) is 16.9 Å². The van der Waals surface area contributed by atoms with Gasteiger partial charge in [0.05, 0.1) is 10.6 Å². The molecule has 1 aromatic rings. The topological polar surface area (TPSA) is 65.5 Å². The molecule has 2 rings (SSSR count). The van der Waals surface area contributed by atoms with Gasteiger partial charge >= 0.3 is 5.97 Å². The van der Waals surface area contributed by atoms with Gasteiger partial charge < -0.3 is 15.3 Å². The van der Waals surface area contributed by atoms with E-state index in [1.807, 2.05) is 11.9 Å². The number of rotatable bonds is 3. The van der Waals surface area contributed by atoms with E-state index in [2.05, 4.69) is 10.3 Å². The Hall–Kier alpha value is -1.33. The number of anilines is 1. The normalized spacial score (nSPS) is 16.6. The Morgan fingerprint density at radius 2 is 2.22 bits per heavy atom. The van der Waals surface area contributed by atoms with E-state index in [0.717, 1.165) is 25.9 Å². The Labute approximate surface area is 111 Å². The monoisotopic (exact) mass is 269 g/mol. The number of nitrogens with zero attached hydrogens (tertiary/aromatic N) is 2. The molecular formula is C12H16ClN3O2. The van der Waals surface area contributed by atoms with E-state index < -0.39 is 5.97 Å². The van der Waals surface area contributed by atoms with Gasteiger partial charge in [-0.1, -0.05) is 11.6 Å². The van der Waals surface area contributed by atoms with Crippen LogP contribution in [0.15, 0.2) is 12.3 Å². The Bertz CT molecular complexity index is 447. The smallest absolute Gasteiger partial charge is 0.337 e. The molecule has 0 unspecified atom stereocenters. The van der Waals surface area contributed by atoms with Crippen LogP contribution in [0.2, 0.25) is 5.02 Å². The van der Waals surface area contributed by atoms with Gasteiger partial charge in [-0.3, -0.25) is 0 Å². The molecule has 0 atom stereocenters. The number of pyridine rings is 1. The molecule has 98 valence electrons. The Balaban J connectivity index is 2.19. The van der Waals surface area contributed by atoms with E-state index in [1.54, 1.807) is 0 Å². The van der Waals surface area contributed by atoms with Crippen LogP contribution in [0.4, 0.5) is 5.82 Å². The van der Waals surface area contributed by atoms with Crippen molar-refractivity contribution in [2.24, 2.45) is 0 Å². The second-order valence-corrected chi connectivity index (χ2v) is 4.83. The number of hydrogen-bond acceptors (Lipinski definition) is 4. The number of carboxylic acid groups (broad SMARTS) is 1. The summed E-state index contributed by atoms with van der Waals surface area (Å²) in [5.41, 5.74) is 0.113. The molecule has 0 amide bonds. The zero-order valence-corrected chi connectivity index (χ0v) is 10.9. The molecule has 0 aliphatic carbocycles. The van der Waals surface area contributed by atoms with Crippen molar-refractivity contribution in [2.45, 2.75) is 18.9 Å². The molecular weight excluding hydrogens is 254 g/mol. The molecule has 1 aliphatic heterocycles. The first-order valence-electron chi connectivity index (χ1n) is 5.92. The van der Waals surface area contributed by atoms with Gasteiger partial charge in [-0.05, 0) is 32.0 Å². The number of piperidine rings is 1. The van der Waals surface area contributed by atoms with Gasteiger partial charge in [0.1, 0.15) is 5.82 Å². The van der Waals surface area contributed by atoms with E-state index in [9.17, 15) is 4.79 Å². The summed E-state index contributed by atoms with van der Waals surface area (Å²) in [6, 6.07) is 1.84. The number of carboxylic acids is 1. The largest absolute Gasteiger partial charge is 0.478 e. The zero-order chi connectivity index (χ0) is 13.1. The maximum Gasteiger partial charge on any atom is 0.337 e. The van der Waals surface area contributed by atoms with Crippen LogP contribution in [-0.2, 0) is 0 Å². The fraction of sp³-hybridized carbons (Fsp3) is 0.500. The summed E-state index contributed by atoms with van der Waals surface area (Å²) >= 11 is 6.10. The number of aromatic nitrogens is 1. The summed E-state index contributed by atoms with van der Waals surface area (Å²) in [6.07, 6.45) is 3.42. The number of aromatic carboxylic acids is 1. The summed E-state index contributed by atoms with van der Waals surface area (Å²) in [4.78, 5) is 17.0. The van der Waals surface area contributed by atoms with Crippen LogP contribution in [-0.4, -0.2) is 42.2 Å². The van der Waals surface area contributed by atoms with Crippen molar-refractivity contribution in [2.75, 3.05) is 25.0 Å². The van der Waals surface area contributed by atoms with Crippen molar-refractivity contribution in [1.82, 2.24) is 10.3 Å². The third-order valence-corrected chi connectivity index (χ3v) is 3.54. The molecule has 18 heavy (non-hydrogen) atoms. The van der Waals surface area contributed by atoms with E-state index in [-0.39, 0.29) is 5.56 Å². The molecule has 1 fully saturated rings. The molecule has 5 nitrogen and oxygen atoms in total. The standard InChI is InChI=1S/C12H16ClN3O2/c1-16(9-2-4-14-5-3-9)11-10(13)6-8(7-15-11)12(17)18/h6-7,9,14H,2-5H2,1H3,(H,17,18). The lowest BCUT2D eigenvalue weighted by Crippen LogP contribution is -2.41. The lowest BCUT2D eigenvalue weighted by molar-refractivity contribution is 0.0696. The zero-order valence-electron chi connectivity index (χ0n) is 10.2. The average molecular weight is 270 g/mol. The van der Waals surface area contributed by atoms with Gasteiger partial charge in [0.2, 0.25) is 0 Å². The number of hydrogen-bond donors (Lipinski definition) is 2. The molecule has 6 heteroatoms. The van der Waals surface area contributed by atoms with Crippen molar-refractivity contribution in [3.8, 4) is 0 Å². The van der Waals surface area contributed by atoms with Gasteiger partial charge in [-0.2, -0.15) is 0 Å². The summed E-state index contributed by atoms with van der Waals surface area (Å²) in [6.45, 7) is 1.97. The highest BCUT2D eigenvalue weighted by molar-refractivity contribution is 6.33. The van der Waals surface area contributed by atoms with Gasteiger partial charge in [0.15, 0.2) is 0 Å². The third-order valence-electron chi connectivity index (χ3n) is 3.26. The first-order valence-corrected chi connectivity index (χ1v) is 6.30. The van der Waals surface area contributed by atoms with Gasteiger partial charge in [0, 0.05) is 19.3 Å². The number of nitrogens with one attached hydrogen (secondary N) is 1. The molecule has 0 bridgehead atoms. The van der Waals surface area contributed by atoms with Crippen molar-refractivity contribution in [3.63, 3.8) is 0 Å². The minimum Gasteiger partial charge on any atom is -0.478 e. The molecule has 0 radical (unpaired) electrons. The van der Waals surface area contributed by atoms with Crippen molar-refractivity contribution in [3.05, 3.63) is 22.8 Å². The second kappa shape index (κ2) is 5.54. The fourth-order valence-corrected chi connectivity index (χ4v) is 2.47. The highest BCUT2D eigenvalue weighted by Crippen LogP contribution is 2.26. The maximum atomic E-state index is 10.8. The highest BCUT2D eigenvalue weighted by atomic mass is 35.5. The lowest BCUT2D eigenvalue weighted by Gasteiger charge is -2.32. The van der Waals surface area contributed by atoms with Crippen molar-refractivity contribution >= 4 is 23.4 Å². The minimum absolute atomic E-state index is 0.113. The predicted octanol–water partition coefficient (Wildman–Crippen LogP) is 1.62. The first kappa shape index (κ1) is 13.1. The first-order chi connectivity index (χ1) is 8.59. The minimum atomic E-state index is -1.01. The molecule has 2 N–H and O–H groups in total. The van der Waals surface area contributed by atoms with Crippen LogP contribution in [0.3, 0.4) is 0 Å². The Morgan fingerprint density at radius 1 is 1.56 bits per heavy atom. The highest BCUT2D eigenvalue weighted by Gasteiger charge is 2.21. The van der Waals surface area contributed by atoms with Crippen molar-refractivity contribution < 1.29 is 9.90 Å². The molecule has 1 aliphatic rings. The maximum absolute atomic E-state index is 10.8. The number of halogens is 1. The second-order valence-electron chi connectivity index (χ2n) is 4.43. The van der Waals surface area contributed by atoms with Gasteiger partial charge in [-0.25, -0.2) is 9.78 Å². The summed E-state index contributed by atoms with van der Waals surface area (Å²) in [5, 5.41) is 12.6. The summed E-state index contributed by atoms with van der Waals surface area (Å²) < 4.78 is 0. The quantitative estimate of drug-likeness (QED) is 0.873. The van der Waals surface area contributed by atoms with Crippen molar-refractivity contribution in [1.29, 1.82) is 0 Å². The van der Waals surface area contributed by atoms with Crippen LogP contribution in [0.1, 0.15) is 23.2 Å². The summed E-state index contributed by atoms with van der Waals surface area (Å²) in [5.74, 6) is -0.367. The Morgan fingerprint density at radius 3 is 2.78 bits per heavy atom. The molecule has 1 saturated heterocycles. The molecule has 0 aromatic carbocycles. The fourth-order valence-electron chi connectivity index (χ4n) is 2.17. The Kier molecular flexibility index (Phi) is 4.04. The van der Waals surface area contributed by atoms with Crippen LogP contribution >= 0.6 is 11.6 Å². The summed E-state index contributed by atoms with van der Waals surface area (Å²) in [7, 11) is 1.95. The molecule has 1 aromatic heterocycles. The SMILES string of the molecule is CN(c1ncc(C(=O)O)cc1Cl)C1CCNCC1. The molecule has 0 saturated carbocycles.